The number of nitrogens with one attached hydrogen (secondary N) is 1. The van der Waals surface area contributed by atoms with E-state index in [9.17, 15) is 26.7 Å². The minimum atomic E-state index is -4.90. The third kappa shape index (κ3) is 5.17. The van der Waals surface area contributed by atoms with Crippen LogP contribution in [0.1, 0.15) is 41.8 Å². The first-order valence-corrected chi connectivity index (χ1v) is 14.6. The highest BCUT2D eigenvalue weighted by atomic mass is 35.5. The molecule has 5 nitrogen and oxygen atoms in total. The van der Waals surface area contributed by atoms with Gasteiger partial charge in [-0.1, -0.05) is 41.4 Å². The van der Waals surface area contributed by atoms with Crippen molar-refractivity contribution in [1.29, 1.82) is 0 Å². The number of nitrogens with zero attached hydrogens (tertiary/aromatic N) is 1. The Kier molecular flexibility index (Phi) is 7.03. The first kappa shape index (κ1) is 27.4. The largest absolute Gasteiger partial charge is 0.421 e. The molecule has 2 aromatic carbocycles. The van der Waals surface area contributed by atoms with E-state index in [1.165, 1.54) is 23.6 Å². The number of hydrogen-bond donors (Lipinski definition) is 2. The van der Waals surface area contributed by atoms with Crippen LogP contribution in [-0.4, -0.2) is 29.9 Å². The average Bonchev–Trinajstić information content (AvgIpc) is 3.63. The van der Waals surface area contributed by atoms with Crippen molar-refractivity contribution in [2.45, 2.75) is 42.8 Å². The molecule has 0 aliphatic heterocycles. The van der Waals surface area contributed by atoms with Crippen LogP contribution in [0.4, 0.5) is 13.2 Å². The van der Waals surface area contributed by atoms with Crippen molar-refractivity contribution >= 4 is 54.6 Å². The van der Waals surface area contributed by atoms with Gasteiger partial charge in [0.25, 0.3) is 0 Å². The van der Waals surface area contributed by atoms with E-state index >= 15 is 0 Å². The number of fused-ring (bicyclic) bond motifs is 1. The molecule has 0 amide bonds. The van der Waals surface area contributed by atoms with Gasteiger partial charge in [-0.15, -0.1) is 11.3 Å². The Morgan fingerprint density at radius 3 is 2.47 bits per heavy atom. The van der Waals surface area contributed by atoms with Gasteiger partial charge in [-0.25, -0.2) is 13.1 Å². The zero-order valence-electron chi connectivity index (χ0n) is 19.8. The Morgan fingerprint density at radius 1 is 1.11 bits per heavy atom. The number of thiophene rings is 1. The topological polar surface area (TPSA) is 79.3 Å². The van der Waals surface area contributed by atoms with Crippen LogP contribution < -0.4 is 4.72 Å². The molecule has 1 fully saturated rings. The second-order valence-electron chi connectivity index (χ2n) is 9.34. The van der Waals surface area contributed by atoms with Crippen LogP contribution in [0.3, 0.4) is 0 Å². The molecule has 200 valence electrons. The Bertz CT molecular complexity index is 1630. The highest BCUT2D eigenvalue weighted by Gasteiger charge is 2.51. The normalized spacial score (nSPS) is 16.9. The summed E-state index contributed by atoms with van der Waals surface area (Å²) in [4.78, 5) is 4.88. The molecule has 1 saturated carbocycles. The number of sulfonamides is 1. The molecule has 0 bridgehead atoms. The van der Waals surface area contributed by atoms with Gasteiger partial charge in [-0.2, -0.15) is 13.2 Å². The van der Waals surface area contributed by atoms with Crippen molar-refractivity contribution < 1.29 is 26.7 Å². The van der Waals surface area contributed by atoms with Gasteiger partial charge >= 0.3 is 6.18 Å². The zero-order chi connectivity index (χ0) is 27.5. The molecule has 4 aromatic rings. The number of alkyl halides is 3. The van der Waals surface area contributed by atoms with Gasteiger partial charge in [-0.05, 0) is 72.7 Å². The van der Waals surface area contributed by atoms with Gasteiger partial charge in [0.15, 0.2) is 5.60 Å². The van der Waals surface area contributed by atoms with E-state index in [0.717, 1.165) is 6.07 Å². The molecular weight excluding hydrogens is 580 g/mol. The summed E-state index contributed by atoms with van der Waals surface area (Å²) in [6.45, 7) is 0.684. The highest BCUT2D eigenvalue weighted by Crippen LogP contribution is 2.44. The molecule has 1 aliphatic rings. The molecule has 1 unspecified atom stereocenters. The summed E-state index contributed by atoms with van der Waals surface area (Å²) >= 11 is 14.1. The minimum Gasteiger partial charge on any atom is -0.376 e. The maximum Gasteiger partial charge on any atom is 0.421 e. The molecular formula is C26H21Cl2F3N2O3S2. The van der Waals surface area contributed by atoms with Gasteiger partial charge in [0.1, 0.15) is 0 Å². The number of halogens is 5. The second kappa shape index (κ2) is 9.76. The predicted molar refractivity (Wildman–Crippen MR) is 144 cm³/mol. The second-order valence-corrected chi connectivity index (χ2v) is 13.3. The van der Waals surface area contributed by atoms with E-state index in [-0.39, 0.29) is 11.3 Å². The van der Waals surface area contributed by atoms with Crippen molar-refractivity contribution in [2.24, 2.45) is 0 Å². The maximum absolute atomic E-state index is 13.5. The summed E-state index contributed by atoms with van der Waals surface area (Å²) in [5.41, 5.74) is -2.25. The van der Waals surface area contributed by atoms with Crippen LogP contribution in [0.15, 0.2) is 60.8 Å². The monoisotopic (exact) mass is 600 g/mol. The first-order valence-electron chi connectivity index (χ1n) is 11.5. The SMILES string of the molecule is CC(O)(c1ccnc(-c2cc(Cl)cc3cc([C@H](NS(=O)(=O)C4CC4)c4ccccc4Cl)sc23)c1)C(F)(F)F. The van der Waals surface area contributed by atoms with Gasteiger partial charge in [0.2, 0.25) is 10.0 Å². The molecule has 2 N–H and O–H groups in total. The van der Waals surface area contributed by atoms with E-state index in [1.807, 2.05) is 0 Å². The summed E-state index contributed by atoms with van der Waals surface area (Å²) in [5.74, 6) is 0. The number of rotatable bonds is 7. The third-order valence-corrected chi connectivity index (χ3v) is 10.2. The lowest BCUT2D eigenvalue weighted by molar-refractivity contribution is -0.258. The standard InChI is InChI=1S/C26H21Cl2F3N2O3S2/c1-25(34,26(29,30)31)15-8-9-32-21(12-15)19-13-16(27)10-14-11-22(37-24(14)19)23(18-4-2-3-5-20(18)28)33-38(35,36)17-6-7-17/h2-5,8-13,17,23,33-34H,6-7H2,1H3/t23-,25?/m1/s1. The Morgan fingerprint density at radius 2 is 1.82 bits per heavy atom. The Hall–Kier alpha value is -2.21. The zero-order valence-corrected chi connectivity index (χ0v) is 22.9. The lowest BCUT2D eigenvalue weighted by atomic mass is 9.94. The van der Waals surface area contributed by atoms with Crippen LogP contribution >= 0.6 is 34.5 Å². The number of aliphatic hydroxyl groups is 1. The number of pyridine rings is 1. The predicted octanol–water partition coefficient (Wildman–Crippen LogP) is 7.21. The van der Waals surface area contributed by atoms with Crippen LogP contribution in [0.2, 0.25) is 10.0 Å². The molecule has 5 rings (SSSR count). The molecule has 2 aromatic heterocycles. The molecule has 38 heavy (non-hydrogen) atoms. The Balaban J connectivity index is 1.65. The highest BCUT2D eigenvalue weighted by molar-refractivity contribution is 7.90. The van der Waals surface area contributed by atoms with Crippen molar-refractivity contribution in [3.8, 4) is 11.3 Å². The van der Waals surface area contributed by atoms with Crippen LogP contribution in [-0.2, 0) is 15.6 Å². The van der Waals surface area contributed by atoms with Crippen LogP contribution in [0, 0.1) is 0 Å². The van der Waals surface area contributed by atoms with Crippen molar-refractivity contribution in [1.82, 2.24) is 9.71 Å². The fourth-order valence-corrected chi connectivity index (χ4v) is 7.45. The van der Waals surface area contributed by atoms with Gasteiger partial charge in [0, 0.05) is 31.4 Å². The Labute approximate surface area is 231 Å². The van der Waals surface area contributed by atoms with E-state index in [2.05, 4.69) is 9.71 Å². The third-order valence-electron chi connectivity index (χ3n) is 6.50. The van der Waals surface area contributed by atoms with E-state index in [4.69, 9.17) is 23.2 Å². The van der Waals surface area contributed by atoms with Gasteiger partial charge in [-0.3, -0.25) is 4.98 Å². The maximum atomic E-state index is 13.5. The fourth-order valence-electron chi connectivity index (χ4n) is 4.14. The molecule has 0 spiro atoms. The molecule has 0 saturated heterocycles. The van der Waals surface area contributed by atoms with Crippen LogP contribution in [0.25, 0.3) is 21.3 Å². The fraction of sp³-hybridized carbons (Fsp3) is 0.269. The van der Waals surface area contributed by atoms with Crippen molar-refractivity contribution in [3.05, 3.63) is 86.8 Å². The molecule has 2 heterocycles. The quantitative estimate of drug-likeness (QED) is 0.235. The molecule has 12 heteroatoms. The van der Waals surface area contributed by atoms with E-state index < -0.39 is 33.1 Å². The van der Waals surface area contributed by atoms with Crippen LogP contribution in [0.5, 0.6) is 0 Å². The summed E-state index contributed by atoms with van der Waals surface area (Å²) < 4.78 is 69.8. The average molecular weight is 601 g/mol. The smallest absolute Gasteiger partial charge is 0.376 e. The lowest BCUT2D eigenvalue weighted by Gasteiger charge is -2.26. The molecule has 1 aliphatic carbocycles. The van der Waals surface area contributed by atoms with Crippen molar-refractivity contribution in [3.63, 3.8) is 0 Å². The summed E-state index contributed by atoms with van der Waals surface area (Å²) in [7, 11) is -3.62. The van der Waals surface area contributed by atoms with E-state index in [0.29, 0.717) is 55.9 Å². The summed E-state index contributed by atoms with van der Waals surface area (Å²) in [6.07, 6.45) is -2.53. The van der Waals surface area contributed by atoms with Gasteiger partial charge in [0.05, 0.1) is 17.0 Å². The molecule has 0 radical (unpaired) electrons. The summed E-state index contributed by atoms with van der Waals surface area (Å²) in [6, 6.07) is 13.5. The summed E-state index contributed by atoms with van der Waals surface area (Å²) in [5, 5.41) is 11.1. The van der Waals surface area contributed by atoms with Gasteiger partial charge < -0.3 is 5.11 Å². The number of hydrogen-bond acceptors (Lipinski definition) is 5. The number of aromatic nitrogens is 1. The first-order chi connectivity index (χ1) is 17.8. The molecule has 2 atom stereocenters. The number of benzene rings is 2. The van der Waals surface area contributed by atoms with Crippen molar-refractivity contribution in [2.75, 3.05) is 0 Å². The minimum absolute atomic E-state index is 0.181. The van der Waals surface area contributed by atoms with E-state index in [1.54, 1.807) is 42.5 Å². The lowest BCUT2D eigenvalue weighted by Crippen LogP contribution is -2.39.